The van der Waals surface area contributed by atoms with Crippen molar-refractivity contribution in [3.05, 3.63) is 54.1 Å². The fourth-order valence-electron chi connectivity index (χ4n) is 2.78. The van der Waals surface area contributed by atoms with E-state index in [2.05, 4.69) is 27.7 Å². The van der Waals surface area contributed by atoms with Crippen LogP contribution in [-0.2, 0) is 16.0 Å². The number of nitrogens with zero attached hydrogens (tertiary/aromatic N) is 1. The highest BCUT2D eigenvalue weighted by atomic mass is 16.2. The van der Waals surface area contributed by atoms with Gasteiger partial charge in [0, 0.05) is 30.5 Å². The molecule has 3 rings (SSSR count). The Kier molecular flexibility index (Phi) is 4.28. The van der Waals surface area contributed by atoms with Gasteiger partial charge in [-0.05, 0) is 42.3 Å². The summed E-state index contributed by atoms with van der Waals surface area (Å²) in [5.74, 6) is -0.163. The molecule has 0 spiro atoms. The predicted octanol–water partition coefficient (Wildman–Crippen LogP) is 2.65. The Labute approximate surface area is 135 Å². The van der Waals surface area contributed by atoms with Gasteiger partial charge in [0.25, 0.3) is 0 Å². The van der Waals surface area contributed by atoms with Crippen LogP contribution < -0.4 is 15.5 Å². The second-order valence-corrected chi connectivity index (χ2v) is 5.61. The lowest BCUT2D eigenvalue weighted by molar-refractivity contribution is -0.115. The fraction of sp³-hybridized carbons (Fsp3) is 0.222. The second kappa shape index (κ2) is 6.52. The molecule has 0 atom stereocenters. The molecular weight excluding hydrogens is 290 g/mol. The molecule has 1 aliphatic rings. The summed E-state index contributed by atoms with van der Waals surface area (Å²) >= 11 is 0. The largest absolute Gasteiger partial charge is 0.362 e. The molecule has 118 valence electrons. The summed E-state index contributed by atoms with van der Waals surface area (Å²) in [7, 11) is 0. The molecule has 0 radical (unpaired) electrons. The molecule has 0 bridgehead atoms. The Morgan fingerprint density at radius 2 is 1.65 bits per heavy atom. The van der Waals surface area contributed by atoms with E-state index >= 15 is 0 Å². The molecule has 0 fully saturated rings. The van der Waals surface area contributed by atoms with Crippen molar-refractivity contribution in [3.63, 3.8) is 0 Å². The van der Waals surface area contributed by atoms with Gasteiger partial charge in [0.2, 0.25) is 11.8 Å². The summed E-state index contributed by atoms with van der Waals surface area (Å²) < 4.78 is 0. The van der Waals surface area contributed by atoms with E-state index in [-0.39, 0.29) is 11.8 Å². The molecule has 2 aromatic carbocycles. The van der Waals surface area contributed by atoms with Crippen molar-refractivity contribution in [3.8, 4) is 0 Å². The van der Waals surface area contributed by atoms with Gasteiger partial charge in [-0.15, -0.1) is 0 Å². The van der Waals surface area contributed by atoms with E-state index < -0.39 is 0 Å². The van der Waals surface area contributed by atoms with Gasteiger partial charge in [-0.2, -0.15) is 0 Å². The lowest BCUT2D eigenvalue weighted by Gasteiger charge is -2.18. The lowest BCUT2D eigenvalue weighted by Crippen LogP contribution is -2.31. The molecule has 0 aliphatic carbocycles. The van der Waals surface area contributed by atoms with Crippen molar-refractivity contribution in [2.75, 3.05) is 28.6 Å². The van der Waals surface area contributed by atoms with E-state index in [1.54, 1.807) is 24.3 Å². The van der Waals surface area contributed by atoms with Gasteiger partial charge in [0.1, 0.15) is 0 Å². The maximum absolute atomic E-state index is 12.2. The van der Waals surface area contributed by atoms with Crippen LogP contribution >= 0.6 is 0 Å². The highest BCUT2D eigenvalue weighted by molar-refractivity contribution is 5.95. The van der Waals surface area contributed by atoms with Gasteiger partial charge in [0.15, 0.2) is 0 Å². The number of hydrogen-bond acceptors (Lipinski definition) is 3. The zero-order chi connectivity index (χ0) is 16.2. The lowest BCUT2D eigenvalue weighted by atomic mass is 10.2. The van der Waals surface area contributed by atoms with Gasteiger partial charge < -0.3 is 15.5 Å². The maximum atomic E-state index is 12.2. The topological polar surface area (TPSA) is 61.4 Å². The SMILES string of the molecule is CC(=O)Nc1ccc(NC(=O)CN2CCc3ccccc32)cc1. The highest BCUT2D eigenvalue weighted by Crippen LogP contribution is 2.27. The van der Waals surface area contributed by atoms with Crippen LogP contribution in [0.3, 0.4) is 0 Å². The molecule has 5 heteroatoms. The van der Waals surface area contributed by atoms with Crippen LogP contribution in [0.15, 0.2) is 48.5 Å². The number of anilines is 3. The monoisotopic (exact) mass is 309 g/mol. The first-order valence-corrected chi connectivity index (χ1v) is 7.62. The molecule has 0 aromatic heterocycles. The molecule has 1 aliphatic heterocycles. The van der Waals surface area contributed by atoms with Crippen LogP contribution in [0.5, 0.6) is 0 Å². The molecule has 2 N–H and O–H groups in total. The number of carbonyl (C=O) groups is 2. The van der Waals surface area contributed by atoms with Gasteiger partial charge in [-0.1, -0.05) is 18.2 Å². The van der Waals surface area contributed by atoms with Crippen molar-refractivity contribution in [2.45, 2.75) is 13.3 Å². The number of nitrogens with one attached hydrogen (secondary N) is 2. The third kappa shape index (κ3) is 3.69. The van der Waals surface area contributed by atoms with Crippen LogP contribution in [0.25, 0.3) is 0 Å². The Bertz CT molecular complexity index is 725. The molecule has 23 heavy (non-hydrogen) atoms. The van der Waals surface area contributed by atoms with Crippen molar-refractivity contribution in [1.82, 2.24) is 0 Å². The van der Waals surface area contributed by atoms with E-state index in [0.29, 0.717) is 12.2 Å². The zero-order valence-corrected chi connectivity index (χ0v) is 13.0. The van der Waals surface area contributed by atoms with E-state index in [9.17, 15) is 9.59 Å². The number of fused-ring (bicyclic) bond motifs is 1. The Morgan fingerprint density at radius 1 is 1.00 bits per heavy atom. The highest BCUT2D eigenvalue weighted by Gasteiger charge is 2.20. The van der Waals surface area contributed by atoms with Crippen molar-refractivity contribution >= 4 is 28.9 Å². The van der Waals surface area contributed by atoms with Crippen LogP contribution in [0.2, 0.25) is 0 Å². The predicted molar refractivity (Wildman–Crippen MR) is 91.7 cm³/mol. The molecule has 1 heterocycles. The quantitative estimate of drug-likeness (QED) is 0.913. The number of amides is 2. The van der Waals surface area contributed by atoms with Gasteiger partial charge in [-0.25, -0.2) is 0 Å². The summed E-state index contributed by atoms with van der Waals surface area (Å²) in [6.45, 7) is 2.67. The minimum atomic E-state index is -0.116. The smallest absolute Gasteiger partial charge is 0.243 e. The Balaban J connectivity index is 1.59. The number of hydrogen-bond donors (Lipinski definition) is 2. The van der Waals surface area contributed by atoms with Crippen LogP contribution in [0, 0.1) is 0 Å². The summed E-state index contributed by atoms with van der Waals surface area (Å²) in [5.41, 5.74) is 3.86. The minimum Gasteiger partial charge on any atom is -0.362 e. The van der Waals surface area contributed by atoms with E-state index in [1.165, 1.54) is 12.5 Å². The number of rotatable bonds is 4. The van der Waals surface area contributed by atoms with Crippen LogP contribution in [-0.4, -0.2) is 24.9 Å². The van der Waals surface area contributed by atoms with Crippen molar-refractivity contribution in [2.24, 2.45) is 0 Å². The molecule has 0 unspecified atom stereocenters. The van der Waals surface area contributed by atoms with Crippen molar-refractivity contribution < 1.29 is 9.59 Å². The molecule has 0 saturated heterocycles. The normalized spacial score (nSPS) is 12.7. The number of benzene rings is 2. The standard InChI is InChI=1S/C18H19N3O2/c1-13(22)19-15-6-8-16(9-7-15)20-18(23)12-21-11-10-14-4-2-3-5-17(14)21/h2-9H,10-12H2,1H3,(H,19,22)(H,20,23). The van der Waals surface area contributed by atoms with Gasteiger partial charge in [0.05, 0.1) is 6.54 Å². The Hall–Kier alpha value is -2.82. The second-order valence-electron chi connectivity index (χ2n) is 5.61. The number of para-hydroxylation sites is 1. The molecular formula is C18H19N3O2. The Morgan fingerprint density at radius 3 is 2.35 bits per heavy atom. The maximum Gasteiger partial charge on any atom is 0.243 e. The summed E-state index contributed by atoms with van der Waals surface area (Å²) in [6, 6.07) is 15.3. The van der Waals surface area contributed by atoms with Crippen LogP contribution in [0.1, 0.15) is 12.5 Å². The first kappa shape index (κ1) is 15.1. The van der Waals surface area contributed by atoms with Gasteiger partial charge >= 0.3 is 0 Å². The van der Waals surface area contributed by atoms with E-state index in [0.717, 1.165) is 24.3 Å². The average Bonchev–Trinajstić information content (AvgIpc) is 2.92. The van der Waals surface area contributed by atoms with Crippen molar-refractivity contribution in [1.29, 1.82) is 0 Å². The van der Waals surface area contributed by atoms with Gasteiger partial charge in [-0.3, -0.25) is 9.59 Å². The van der Waals surface area contributed by atoms with E-state index in [1.807, 2.05) is 12.1 Å². The fourth-order valence-corrected chi connectivity index (χ4v) is 2.78. The first-order valence-electron chi connectivity index (χ1n) is 7.62. The van der Waals surface area contributed by atoms with Crippen LogP contribution in [0.4, 0.5) is 17.1 Å². The summed E-state index contributed by atoms with van der Waals surface area (Å²) in [6.07, 6.45) is 0.981. The van der Waals surface area contributed by atoms with E-state index in [4.69, 9.17) is 0 Å². The third-order valence-corrected chi connectivity index (χ3v) is 3.81. The minimum absolute atomic E-state index is 0.0472. The molecule has 5 nitrogen and oxygen atoms in total. The molecule has 2 aromatic rings. The summed E-state index contributed by atoms with van der Waals surface area (Å²) in [4.78, 5) is 25.3. The first-order chi connectivity index (χ1) is 11.1. The molecule has 0 saturated carbocycles. The average molecular weight is 309 g/mol. The zero-order valence-electron chi connectivity index (χ0n) is 13.0. The number of carbonyl (C=O) groups excluding carboxylic acids is 2. The molecule has 2 amide bonds. The third-order valence-electron chi connectivity index (χ3n) is 3.81. The summed E-state index contributed by atoms with van der Waals surface area (Å²) in [5, 5.41) is 5.58.